The van der Waals surface area contributed by atoms with E-state index in [4.69, 9.17) is 0 Å². The van der Waals surface area contributed by atoms with Gasteiger partial charge in [0.1, 0.15) is 11.3 Å². The molecule has 3 aliphatic carbocycles. The molecule has 0 heterocycles. The zero-order chi connectivity index (χ0) is 23.7. The largest absolute Gasteiger partial charge is 0.510 e. The molecule has 0 radical (unpaired) electrons. The number of fused-ring (bicyclic) bond motifs is 1. The van der Waals surface area contributed by atoms with Gasteiger partial charge in [0, 0.05) is 5.92 Å². The van der Waals surface area contributed by atoms with Crippen molar-refractivity contribution in [3.8, 4) is 0 Å². The van der Waals surface area contributed by atoms with E-state index in [1.165, 1.54) is 0 Å². The van der Waals surface area contributed by atoms with Crippen LogP contribution in [0.25, 0.3) is 0 Å². The van der Waals surface area contributed by atoms with Crippen molar-refractivity contribution in [2.45, 2.75) is 86.7 Å². The summed E-state index contributed by atoms with van der Waals surface area (Å²) in [4.78, 5) is 41.3. The van der Waals surface area contributed by atoms with Crippen molar-refractivity contribution in [2.75, 3.05) is 0 Å². The summed E-state index contributed by atoms with van der Waals surface area (Å²) >= 11 is 0. The number of allylic oxidation sites excluding steroid dienone is 4. The van der Waals surface area contributed by atoms with E-state index in [-0.39, 0.29) is 47.6 Å². The first-order chi connectivity index (χ1) is 14.1. The fraction of sp³-hybridized carbons (Fsp3) is 0.731. The highest BCUT2D eigenvalue weighted by Crippen LogP contribution is 2.73. The lowest BCUT2D eigenvalue weighted by Crippen LogP contribution is -2.50. The molecule has 0 aromatic rings. The Morgan fingerprint density at radius 2 is 1.81 bits per heavy atom. The third-order valence-electron chi connectivity index (χ3n) is 8.65. The summed E-state index contributed by atoms with van der Waals surface area (Å²) in [5.74, 6) is -2.50. The average Bonchev–Trinajstić information content (AvgIpc) is 3.03. The van der Waals surface area contributed by atoms with Crippen molar-refractivity contribution < 1.29 is 24.6 Å². The summed E-state index contributed by atoms with van der Waals surface area (Å²) < 4.78 is 0. The molecule has 0 aromatic carbocycles. The Labute approximate surface area is 186 Å². The van der Waals surface area contributed by atoms with E-state index in [0.717, 1.165) is 5.57 Å². The highest BCUT2D eigenvalue weighted by Gasteiger charge is 2.78. The van der Waals surface area contributed by atoms with Gasteiger partial charge in [-0.15, -0.1) is 0 Å². The van der Waals surface area contributed by atoms with Crippen molar-refractivity contribution in [1.29, 1.82) is 0 Å². The topological polar surface area (TPSA) is 91.7 Å². The van der Waals surface area contributed by atoms with Crippen molar-refractivity contribution in [3.63, 3.8) is 0 Å². The van der Waals surface area contributed by atoms with Crippen molar-refractivity contribution in [1.82, 2.24) is 0 Å². The van der Waals surface area contributed by atoms with E-state index >= 15 is 0 Å². The second kappa shape index (κ2) is 7.13. The van der Waals surface area contributed by atoms with Crippen LogP contribution < -0.4 is 0 Å². The Bertz CT molecular complexity index is 895. The normalized spacial score (nSPS) is 35.3. The summed E-state index contributed by atoms with van der Waals surface area (Å²) in [5.41, 5.74) is -3.32. The lowest BCUT2D eigenvalue weighted by atomic mass is 9.62. The van der Waals surface area contributed by atoms with Gasteiger partial charge in [-0.2, -0.15) is 0 Å². The zero-order valence-corrected chi connectivity index (χ0v) is 20.3. The molecule has 3 aliphatic rings. The SMILES string of the molecule is CCC(C)C(=O)C1=C(O)C2(CC=C(C)C)CC3C(C)(C)C(C(C)(C)O)C[C@]3(C1=O)C2=O. The molecular weight excluding hydrogens is 392 g/mol. The minimum atomic E-state index is -1.35. The number of carbonyl (C=O) groups is 3. The molecule has 172 valence electrons. The van der Waals surface area contributed by atoms with Crippen molar-refractivity contribution in [2.24, 2.45) is 34.0 Å². The molecule has 3 rings (SSSR count). The number of Topliss-reactive ketones (excluding diaryl/α,β-unsaturated/α-hetero) is 3. The molecule has 2 N–H and O–H groups in total. The standard InChI is InChI=1S/C26H38O5/c1-9-15(4)19(27)18-20(28)25(11-10-14(2)3)12-17-23(5,6)16(24(7,8)31)13-26(17,21(18)29)22(25)30/h10,15-17,28,31H,9,11-13H2,1-8H3/t15?,16?,17?,25?,26-/m0/s1. The van der Waals surface area contributed by atoms with E-state index in [9.17, 15) is 24.6 Å². The Kier molecular flexibility index (Phi) is 5.50. The molecule has 2 bridgehead atoms. The van der Waals surface area contributed by atoms with Crippen molar-refractivity contribution >= 4 is 17.3 Å². The third-order valence-corrected chi connectivity index (χ3v) is 8.65. The third kappa shape index (κ3) is 3.02. The van der Waals surface area contributed by atoms with Gasteiger partial charge >= 0.3 is 0 Å². The summed E-state index contributed by atoms with van der Waals surface area (Å²) in [5, 5.41) is 22.3. The van der Waals surface area contributed by atoms with E-state index < -0.39 is 33.5 Å². The van der Waals surface area contributed by atoms with Gasteiger partial charge in [-0.1, -0.05) is 39.3 Å². The maximum Gasteiger partial charge on any atom is 0.183 e. The van der Waals surface area contributed by atoms with Crippen LogP contribution in [-0.2, 0) is 14.4 Å². The average molecular weight is 431 g/mol. The fourth-order valence-electron chi connectivity index (χ4n) is 6.76. The van der Waals surface area contributed by atoms with Gasteiger partial charge in [-0.25, -0.2) is 0 Å². The molecule has 0 aromatic heterocycles. The Morgan fingerprint density at radius 1 is 1.23 bits per heavy atom. The number of aliphatic hydroxyl groups is 2. The molecule has 0 aliphatic heterocycles. The van der Waals surface area contributed by atoms with Gasteiger partial charge in [-0.3, -0.25) is 14.4 Å². The molecule has 0 saturated heterocycles. The quantitative estimate of drug-likeness (QED) is 0.361. The van der Waals surface area contributed by atoms with Crippen LogP contribution in [-0.4, -0.2) is 33.2 Å². The summed E-state index contributed by atoms with van der Waals surface area (Å²) in [6, 6.07) is 0. The maximum absolute atomic E-state index is 14.1. The maximum atomic E-state index is 14.1. The number of carbonyl (C=O) groups excluding carboxylic acids is 3. The molecule has 2 fully saturated rings. The van der Waals surface area contributed by atoms with Crippen LogP contribution in [0.2, 0.25) is 0 Å². The van der Waals surface area contributed by atoms with Crippen molar-refractivity contribution in [3.05, 3.63) is 23.0 Å². The number of rotatable bonds is 6. The fourth-order valence-corrected chi connectivity index (χ4v) is 6.76. The van der Waals surface area contributed by atoms with E-state index in [0.29, 0.717) is 12.8 Å². The highest BCUT2D eigenvalue weighted by atomic mass is 16.3. The minimum Gasteiger partial charge on any atom is -0.510 e. The van der Waals surface area contributed by atoms with Crippen LogP contribution in [0.15, 0.2) is 23.0 Å². The minimum absolute atomic E-state index is 0.161. The molecule has 5 heteroatoms. The van der Waals surface area contributed by atoms with Crippen LogP contribution in [0.1, 0.15) is 81.1 Å². The van der Waals surface area contributed by atoms with Gasteiger partial charge in [-0.05, 0) is 70.6 Å². The van der Waals surface area contributed by atoms with Gasteiger partial charge in [0.25, 0.3) is 0 Å². The van der Waals surface area contributed by atoms with Crippen LogP contribution in [0.4, 0.5) is 0 Å². The van der Waals surface area contributed by atoms with E-state index in [1.807, 2.05) is 40.7 Å². The van der Waals surface area contributed by atoms with Gasteiger partial charge in [0.2, 0.25) is 0 Å². The van der Waals surface area contributed by atoms with Gasteiger partial charge in [0.15, 0.2) is 17.3 Å². The molecule has 2 saturated carbocycles. The Balaban J connectivity index is 2.29. The van der Waals surface area contributed by atoms with Gasteiger partial charge in [0.05, 0.1) is 16.4 Å². The van der Waals surface area contributed by atoms with E-state index in [1.54, 1.807) is 20.8 Å². The molecular formula is C26H38O5. The Hall–Kier alpha value is -1.75. The zero-order valence-electron chi connectivity index (χ0n) is 20.3. The number of hydrogen-bond acceptors (Lipinski definition) is 5. The predicted octanol–water partition coefficient (Wildman–Crippen LogP) is 4.73. The van der Waals surface area contributed by atoms with Crippen LogP contribution >= 0.6 is 0 Å². The molecule has 4 unspecified atom stereocenters. The lowest BCUT2D eigenvalue weighted by Gasteiger charge is -2.41. The van der Waals surface area contributed by atoms with Crippen LogP contribution in [0.5, 0.6) is 0 Å². The first-order valence-electron chi connectivity index (χ1n) is 11.5. The highest BCUT2D eigenvalue weighted by molar-refractivity contribution is 6.32. The summed E-state index contributed by atoms with van der Waals surface area (Å²) in [6.45, 7) is 15.0. The molecule has 5 nitrogen and oxygen atoms in total. The molecule has 0 amide bonds. The first kappa shape index (κ1) is 23.9. The van der Waals surface area contributed by atoms with E-state index in [2.05, 4.69) is 0 Å². The monoisotopic (exact) mass is 430 g/mol. The van der Waals surface area contributed by atoms with Crippen LogP contribution in [0, 0.1) is 34.0 Å². The van der Waals surface area contributed by atoms with Gasteiger partial charge < -0.3 is 10.2 Å². The first-order valence-corrected chi connectivity index (χ1v) is 11.5. The number of ketones is 3. The molecule has 31 heavy (non-hydrogen) atoms. The number of aliphatic hydroxyl groups excluding tert-OH is 1. The predicted molar refractivity (Wildman–Crippen MR) is 119 cm³/mol. The smallest absolute Gasteiger partial charge is 0.183 e. The second-order valence-electron chi connectivity index (χ2n) is 11.6. The molecule has 1 spiro atoms. The summed E-state index contributed by atoms with van der Waals surface area (Å²) in [6.07, 6.45) is 3.29. The molecule has 5 atom stereocenters. The lowest BCUT2D eigenvalue weighted by molar-refractivity contribution is -0.145. The second-order valence-corrected chi connectivity index (χ2v) is 11.6. The van der Waals surface area contributed by atoms with Crippen LogP contribution in [0.3, 0.4) is 0 Å². The Morgan fingerprint density at radius 3 is 2.29 bits per heavy atom. The summed E-state index contributed by atoms with van der Waals surface area (Å²) in [7, 11) is 0. The number of hydrogen-bond donors (Lipinski definition) is 2.